The van der Waals surface area contributed by atoms with Gasteiger partial charge < -0.3 is 10.1 Å². The Labute approximate surface area is 119 Å². The number of allylic oxidation sites excluding steroid dienone is 1. The van der Waals surface area contributed by atoms with Crippen molar-refractivity contribution < 1.29 is 9.53 Å². The van der Waals surface area contributed by atoms with Crippen molar-refractivity contribution in [3.8, 4) is 0 Å². The van der Waals surface area contributed by atoms with Crippen molar-refractivity contribution >= 4 is 5.97 Å². The zero-order valence-electron chi connectivity index (χ0n) is 11.7. The minimum absolute atomic E-state index is 0.241. The third-order valence-electron chi connectivity index (χ3n) is 3.07. The zero-order valence-corrected chi connectivity index (χ0v) is 11.7. The van der Waals surface area contributed by atoms with Gasteiger partial charge in [0.05, 0.1) is 5.57 Å². The van der Waals surface area contributed by atoms with Gasteiger partial charge in [-0.15, -0.1) is 0 Å². The minimum atomic E-state index is -0.241. The van der Waals surface area contributed by atoms with Crippen LogP contribution in [0.2, 0.25) is 0 Å². The summed E-state index contributed by atoms with van der Waals surface area (Å²) in [5.41, 5.74) is 1.92. The third kappa shape index (κ3) is 4.55. The number of nitrogens with one attached hydrogen (secondary N) is 1. The molecule has 0 amide bonds. The Morgan fingerprint density at radius 2 is 2.15 bits per heavy atom. The van der Waals surface area contributed by atoms with Crippen LogP contribution in [0.15, 0.2) is 54.4 Å². The Balaban J connectivity index is 1.67. The van der Waals surface area contributed by atoms with E-state index in [0.717, 1.165) is 13.1 Å². The van der Waals surface area contributed by atoms with Crippen molar-refractivity contribution in [2.24, 2.45) is 0 Å². The molecule has 0 saturated heterocycles. The molecule has 0 atom stereocenters. The van der Waals surface area contributed by atoms with Crippen LogP contribution >= 0.6 is 0 Å². The molecule has 20 heavy (non-hydrogen) atoms. The summed E-state index contributed by atoms with van der Waals surface area (Å²) in [6.45, 7) is 1.98. The molecule has 2 rings (SSSR count). The standard InChI is InChI=1S/C16H20N2O2/c1-18(13-14-6-3-2-4-7-14)10-11-20-16(19)15-8-5-9-17-12-15/h2-7,9,12,17H,8,10-11,13H2,1H3. The Kier molecular flexibility index (Phi) is 5.38. The second kappa shape index (κ2) is 7.50. The van der Waals surface area contributed by atoms with Crippen molar-refractivity contribution in [3.63, 3.8) is 0 Å². The summed E-state index contributed by atoms with van der Waals surface area (Å²) >= 11 is 0. The van der Waals surface area contributed by atoms with Gasteiger partial charge in [-0.05, 0) is 18.8 Å². The topological polar surface area (TPSA) is 41.6 Å². The Bertz CT molecular complexity index is 494. The third-order valence-corrected chi connectivity index (χ3v) is 3.07. The molecule has 0 fully saturated rings. The molecule has 0 aromatic heterocycles. The second-order valence-corrected chi connectivity index (χ2v) is 4.80. The molecule has 4 nitrogen and oxygen atoms in total. The van der Waals surface area contributed by atoms with Gasteiger partial charge in [0.2, 0.25) is 0 Å². The summed E-state index contributed by atoms with van der Waals surface area (Å²) < 4.78 is 5.27. The predicted molar refractivity (Wildman–Crippen MR) is 78.7 cm³/mol. The fraction of sp³-hybridized carbons (Fsp3) is 0.312. The zero-order chi connectivity index (χ0) is 14.2. The molecular weight excluding hydrogens is 252 g/mol. The average molecular weight is 272 g/mol. The lowest BCUT2D eigenvalue weighted by molar-refractivity contribution is -0.139. The molecule has 0 saturated carbocycles. The van der Waals surface area contributed by atoms with Crippen LogP contribution in [0.25, 0.3) is 0 Å². The van der Waals surface area contributed by atoms with E-state index in [0.29, 0.717) is 18.6 Å². The van der Waals surface area contributed by atoms with Gasteiger partial charge in [0.15, 0.2) is 0 Å². The van der Waals surface area contributed by atoms with E-state index in [1.54, 1.807) is 6.20 Å². The fourth-order valence-corrected chi connectivity index (χ4v) is 1.96. The van der Waals surface area contributed by atoms with E-state index in [4.69, 9.17) is 4.74 Å². The average Bonchev–Trinajstić information content (AvgIpc) is 2.49. The number of esters is 1. The van der Waals surface area contributed by atoms with E-state index >= 15 is 0 Å². The first kappa shape index (κ1) is 14.3. The van der Waals surface area contributed by atoms with E-state index in [2.05, 4.69) is 22.3 Å². The number of carbonyl (C=O) groups excluding carboxylic acids is 1. The maximum Gasteiger partial charge on any atom is 0.335 e. The molecule has 106 valence electrons. The lowest BCUT2D eigenvalue weighted by atomic mass is 10.2. The molecule has 4 heteroatoms. The first-order valence-corrected chi connectivity index (χ1v) is 6.75. The van der Waals surface area contributed by atoms with Crippen molar-refractivity contribution in [1.29, 1.82) is 0 Å². The van der Waals surface area contributed by atoms with E-state index < -0.39 is 0 Å². The number of hydrogen-bond acceptors (Lipinski definition) is 4. The molecule has 0 spiro atoms. The normalized spacial score (nSPS) is 13.8. The van der Waals surface area contributed by atoms with Crippen LogP contribution in [0.3, 0.4) is 0 Å². The summed E-state index contributed by atoms with van der Waals surface area (Å²) in [6.07, 6.45) is 6.03. The van der Waals surface area contributed by atoms with Crippen LogP contribution in [0.4, 0.5) is 0 Å². The fourth-order valence-electron chi connectivity index (χ4n) is 1.96. The molecule has 0 radical (unpaired) electrons. The molecule has 1 heterocycles. The number of likely N-dealkylation sites (N-methyl/N-ethyl adjacent to an activating group) is 1. The second-order valence-electron chi connectivity index (χ2n) is 4.80. The Morgan fingerprint density at radius 1 is 1.35 bits per heavy atom. The first-order valence-electron chi connectivity index (χ1n) is 6.75. The molecule has 1 aliphatic rings. The number of ether oxygens (including phenoxy) is 1. The number of benzene rings is 1. The van der Waals surface area contributed by atoms with Crippen molar-refractivity contribution in [2.75, 3.05) is 20.2 Å². The predicted octanol–water partition coefficient (Wildman–Crippen LogP) is 2.05. The van der Waals surface area contributed by atoms with E-state index in [1.807, 2.05) is 37.5 Å². The Hall–Kier alpha value is -2.07. The smallest absolute Gasteiger partial charge is 0.335 e. The lowest BCUT2D eigenvalue weighted by Gasteiger charge is -2.17. The van der Waals surface area contributed by atoms with Gasteiger partial charge in [0, 0.05) is 25.7 Å². The molecule has 0 aliphatic carbocycles. The highest BCUT2D eigenvalue weighted by Crippen LogP contribution is 2.07. The van der Waals surface area contributed by atoms with E-state index in [-0.39, 0.29) is 5.97 Å². The number of nitrogens with zero attached hydrogens (tertiary/aromatic N) is 1. The largest absolute Gasteiger partial charge is 0.461 e. The molecule has 0 unspecified atom stereocenters. The molecule has 1 aromatic carbocycles. The summed E-state index contributed by atoms with van der Waals surface area (Å²) in [5, 5.41) is 2.89. The van der Waals surface area contributed by atoms with Crippen LogP contribution in [-0.4, -0.2) is 31.1 Å². The van der Waals surface area contributed by atoms with Crippen LogP contribution in [-0.2, 0) is 16.1 Å². The maximum atomic E-state index is 11.8. The van der Waals surface area contributed by atoms with Gasteiger partial charge in [-0.2, -0.15) is 0 Å². The van der Waals surface area contributed by atoms with E-state index in [1.165, 1.54) is 5.56 Å². The molecule has 1 N–H and O–H groups in total. The minimum Gasteiger partial charge on any atom is -0.461 e. The summed E-state index contributed by atoms with van der Waals surface area (Å²) in [4.78, 5) is 13.9. The van der Waals surface area contributed by atoms with Gasteiger partial charge in [-0.1, -0.05) is 36.4 Å². The van der Waals surface area contributed by atoms with Gasteiger partial charge >= 0.3 is 5.97 Å². The summed E-state index contributed by atoms with van der Waals surface area (Å²) in [7, 11) is 2.02. The highest BCUT2D eigenvalue weighted by atomic mass is 16.5. The highest BCUT2D eigenvalue weighted by Gasteiger charge is 2.11. The first-order chi connectivity index (χ1) is 9.75. The number of hydrogen-bond donors (Lipinski definition) is 1. The van der Waals surface area contributed by atoms with Crippen LogP contribution in [0.5, 0.6) is 0 Å². The molecule has 1 aliphatic heterocycles. The molecule has 0 bridgehead atoms. The summed E-state index contributed by atoms with van der Waals surface area (Å²) in [6, 6.07) is 10.2. The highest BCUT2D eigenvalue weighted by molar-refractivity contribution is 5.88. The van der Waals surface area contributed by atoms with Gasteiger partial charge in [0.1, 0.15) is 6.61 Å². The van der Waals surface area contributed by atoms with Crippen LogP contribution in [0.1, 0.15) is 12.0 Å². The van der Waals surface area contributed by atoms with Gasteiger partial charge in [0.25, 0.3) is 0 Å². The van der Waals surface area contributed by atoms with Crippen LogP contribution in [0, 0.1) is 0 Å². The van der Waals surface area contributed by atoms with E-state index in [9.17, 15) is 4.79 Å². The summed E-state index contributed by atoms with van der Waals surface area (Å²) in [5.74, 6) is -0.241. The van der Waals surface area contributed by atoms with Gasteiger partial charge in [-0.25, -0.2) is 4.79 Å². The lowest BCUT2D eigenvalue weighted by Crippen LogP contribution is -2.24. The SMILES string of the molecule is CN(CCOC(=O)C1=CNC=CC1)Cc1ccccc1. The number of carbonyl (C=O) groups is 1. The molecular formula is C16H20N2O2. The number of rotatable bonds is 6. The van der Waals surface area contributed by atoms with Crippen molar-refractivity contribution in [3.05, 3.63) is 59.9 Å². The Morgan fingerprint density at radius 3 is 2.85 bits per heavy atom. The van der Waals surface area contributed by atoms with Gasteiger partial charge in [-0.3, -0.25) is 4.90 Å². The number of dihydropyridines is 1. The maximum absolute atomic E-state index is 11.8. The molecule has 1 aromatic rings. The van der Waals surface area contributed by atoms with Crippen molar-refractivity contribution in [2.45, 2.75) is 13.0 Å². The monoisotopic (exact) mass is 272 g/mol. The van der Waals surface area contributed by atoms with Crippen LogP contribution < -0.4 is 5.32 Å². The quantitative estimate of drug-likeness (QED) is 0.805. The van der Waals surface area contributed by atoms with Crippen molar-refractivity contribution in [1.82, 2.24) is 10.2 Å².